The van der Waals surface area contributed by atoms with E-state index >= 15 is 0 Å². The molecule has 27 heavy (non-hydrogen) atoms. The van der Waals surface area contributed by atoms with Crippen LogP contribution in [0.15, 0.2) is 35.1 Å². The van der Waals surface area contributed by atoms with E-state index in [2.05, 4.69) is 4.98 Å². The molecule has 1 aromatic heterocycles. The molecule has 0 saturated carbocycles. The molecule has 1 N–H and O–H groups in total. The van der Waals surface area contributed by atoms with Crippen LogP contribution in [0.5, 0.6) is 0 Å². The number of likely N-dealkylation sites (tertiary alicyclic amines) is 1. The maximum atomic E-state index is 13.1. The zero-order chi connectivity index (χ0) is 18.8. The van der Waals surface area contributed by atoms with Gasteiger partial charge in [0.15, 0.2) is 0 Å². The lowest BCUT2D eigenvalue weighted by atomic mass is 9.95. The average molecular weight is 369 g/mol. The molecule has 142 valence electrons. The fraction of sp³-hybridized carbons (Fsp3) is 0.450. The van der Waals surface area contributed by atoms with Gasteiger partial charge in [0, 0.05) is 43.1 Å². The van der Waals surface area contributed by atoms with Crippen molar-refractivity contribution in [3.8, 4) is 0 Å². The minimum absolute atomic E-state index is 0.103. The van der Waals surface area contributed by atoms with Crippen LogP contribution in [0, 0.1) is 5.92 Å². The molecule has 0 unspecified atom stereocenters. The maximum absolute atomic E-state index is 13.1. The number of hydrogen-bond donors (Lipinski definition) is 1. The maximum Gasteiger partial charge on any atom is 0.254 e. The number of piperidine rings is 1. The molecular weight excluding hydrogens is 346 g/mol. The average Bonchev–Trinajstić information content (AvgIpc) is 2.72. The number of amides is 2. The van der Waals surface area contributed by atoms with Gasteiger partial charge in [-0.05, 0) is 18.9 Å². The molecule has 7 heteroatoms. The Morgan fingerprint density at radius 3 is 2.67 bits per heavy atom. The SMILES string of the molecule is O=C(c1cc(=O)[nH]c2ccccc12)N1CCC[C@H](C(=O)N2CCOCC2)C1. The van der Waals surface area contributed by atoms with Crippen LogP contribution in [0.2, 0.25) is 0 Å². The first-order valence-corrected chi connectivity index (χ1v) is 9.41. The molecule has 2 amide bonds. The van der Waals surface area contributed by atoms with Crippen LogP contribution < -0.4 is 5.56 Å². The van der Waals surface area contributed by atoms with Crippen molar-refractivity contribution in [2.45, 2.75) is 12.8 Å². The Bertz CT molecular complexity index is 917. The Balaban J connectivity index is 1.56. The van der Waals surface area contributed by atoms with E-state index in [1.54, 1.807) is 11.0 Å². The molecule has 7 nitrogen and oxygen atoms in total. The smallest absolute Gasteiger partial charge is 0.254 e. The van der Waals surface area contributed by atoms with Crippen molar-refractivity contribution in [1.82, 2.24) is 14.8 Å². The van der Waals surface area contributed by atoms with Gasteiger partial charge >= 0.3 is 0 Å². The third-order valence-corrected chi connectivity index (χ3v) is 5.36. The Morgan fingerprint density at radius 1 is 1.07 bits per heavy atom. The highest BCUT2D eigenvalue weighted by molar-refractivity contribution is 6.06. The minimum atomic E-state index is -0.296. The third-order valence-electron chi connectivity index (χ3n) is 5.36. The number of aromatic amines is 1. The van der Waals surface area contributed by atoms with Crippen LogP contribution >= 0.6 is 0 Å². The fourth-order valence-electron chi connectivity index (χ4n) is 3.96. The second-order valence-corrected chi connectivity index (χ2v) is 7.12. The Labute approximate surface area is 156 Å². The number of nitrogens with one attached hydrogen (secondary N) is 1. The summed E-state index contributed by atoms with van der Waals surface area (Å²) in [7, 11) is 0. The second kappa shape index (κ2) is 7.52. The lowest BCUT2D eigenvalue weighted by Crippen LogP contribution is -2.49. The van der Waals surface area contributed by atoms with Gasteiger partial charge in [-0.15, -0.1) is 0 Å². The Kier molecular flexibility index (Phi) is 4.94. The van der Waals surface area contributed by atoms with E-state index < -0.39 is 0 Å². The summed E-state index contributed by atoms with van der Waals surface area (Å²) >= 11 is 0. The van der Waals surface area contributed by atoms with Crippen molar-refractivity contribution in [2.24, 2.45) is 5.92 Å². The number of carbonyl (C=O) groups is 2. The number of carbonyl (C=O) groups excluding carboxylic acids is 2. The van der Waals surface area contributed by atoms with E-state index in [4.69, 9.17) is 4.74 Å². The van der Waals surface area contributed by atoms with Gasteiger partial charge in [0.05, 0.1) is 24.7 Å². The summed E-state index contributed by atoms with van der Waals surface area (Å²) in [5.41, 5.74) is 0.745. The molecule has 2 saturated heterocycles. The molecule has 0 bridgehead atoms. The fourth-order valence-corrected chi connectivity index (χ4v) is 3.96. The van der Waals surface area contributed by atoms with E-state index in [1.807, 2.05) is 23.1 Å². The number of ether oxygens (including phenoxy) is 1. The van der Waals surface area contributed by atoms with Crippen LogP contribution in [0.4, 0.5) is 0 Å². The highest BCUT2D eigenvalue weighted by Crippen LogP contribution is 2.23. The van der Waals surface area contributed by atoms with Gasteiger partial charge in [-0.1, -0.05) is 18.2 Å². The molecule has 1 aromatic carbocycles. The topological polar surface area (TPSA) is 82.7 Å². The van der Waals surface area contributed by atoms with Crippen LogP contribution in [0.25, 0.3) is 10.9 Å². The van der Waals surface area contributed by atoms with Crippen molar-refractivity contribution < 1.29 is 14.3 Å². The van der Waals surface area contributed by atoms with E-state index in [1.165, 1.54) is 6.07 Å². The molecule has 1 atom stereocenters. The summed E-state index contributed by atoms with van der Waals surface area (Å²) < 4.78 is 5.32. The van der Waals surface area contributed by atoms with Gasteiger partial charge in [0.25, 0.3) is 5.91 Å². The molecule has 0 radical (unpaired) electrons. The lowest BCUT2D eigenvalue weighted by Gasteiger charge is -2.36. The van der Waals surface area contributed by atoms with Crippen LogP contribution in [0.1, 0.15) is 23.2 Å². The summed E-state index contributed by atoms with van der Waals surface area (Å²) in [5, 5.41) is 0.726. The predicted octanol–water partition coefficient (Wildman–Crippen LogP) is 1.24. The van der Waals surface area contributed by atoms with Crippen LogP contribution in [-0.2, 0) is 9.53 Å². The van der Waals surface area contributed by atoms with Gasteiger partial charge < -0.3 is 19.5 Å². The molecule has 3 heterocycles. The van der Waals surface area contributed by atoms with E-state index in [0.29, 0.717) is 50.5 Å². The molecule has 2 aromatic rings. The van der Waals surface area contributed by atoms with Gasteiger partial charge in [0.2, 0.25) is 11.5 Å². The van der Waals surface area contributed by atoms with E-state index in [-0.39, 0.29) is 23.3 Å². The number of para-hydroxylation sites is 1. The minimum Gasteiger partial charge on any atom is -0.378 e. The zero-order valence-corrected chi connectivity index (χ0v) is 15.1. The number of rotatable bonds is 2. The van der Waals surface area contributed by atoms with Crippen molar-refractivity contribution in [2.75, 3.05) is 39.4 Å². The molecule has 4 rings (SSSR count). The summed E-state index contributed by atoms with van der Waals surface area (Å²) in [6.45, 7) is 3.37. The summed E-state index contributed by atoms with van der Waals surface area (Å²) in [5.74, 6) is -0.266. The summed E-state index contributed by atoms with van der Waals surface area (Å²) in [4.78, 5) is 44.2. The largest absolute Gasteiger partial charge is 0.378 e. The first kappa shape index (κ1) is 17.7. The molecule has 2 fully saturated rings. The van der Waals surface area contributed by atoms with Gasteiger partial charge in [-0.3, -0.25) is 14.4 Å². The number of pyridine rings is 1. The number of H-pyrrole nitrogens is 1. The molecule has 0 aliphatic carbocycles. The molecular formula is C20H23N3O4. The number of nitrogens with zero attached hydrogens (tertiary/aromatic N) is 2. The normalized spacial score (nSPS) is 20.7. The zero-order valence-electron chi connectivity index (χ0n) is 15.1. The van der Waals surface area contributed by atoms with Gasteiger partial charge in [0.1, 0.15) is 0 Å². The summed E-state index contributed by atoms with van der Waals surface area (Å²) in [6, 6.07) is 8.65. The lowest BCUT2D eigenvalue weighted by molar-refractivity contribution is -0.141. The molecule has 2 aliphatic heterocycles. The predicted molar refractivity (Wildman–Crippen MR) is 101 cm³/mol. The number of benzene rings is 1. The number of fused-ring (bicyclic) bond motifs is 1. The second-order valence-electron chi connectivity index (χ2n) is 7.12. The Morgan fingerprint density at radius 2 is 1.85 bits per heavy atom. The van der Waals surface area contributed by atoms with Crippen LogP contribution in [0.3, 0.4) is 0 Å². The van der Waals surface area contributed by atoms with Crippen molar-refractivity contribution in [3.63, 3.8) is 0 Å². The highest BCUT2D eigenvalue weighted by Gasteiger charge is 2.32. The van der Waals surface area contributed by atoms with Crippen molar-refractivity contribution >= 4 is 22.7 Å². The monoisotopic (exact) mass is 369 g/mol. The quantitative estimate of drug-likeness (QED) is 0.863. The molecule has 0 spiro atoms. The van der Waals surface area contributed by atoms with Gasteiger partial charge in [-0.25, -0.2) is 0 Å². The standard InChI is InChI=1S/C20H23N3O4/c24-18-12-16(15-5-1-2-6-17(15)21-18)20(26)23-7-3-4-14(13-23)19(25)22-8-10-27-11-9-22/h1-2,5-6,12,14H,3-4,7-11,13H2,(H,21,24)/t14-/m0/s1. The number of aromatic nitrogens is 1. The number of hydrogen-bond acceptors (Lipinski definition) is 4. The first-order valence-electron chi connectivity index (χ1n) is 9.41. The van der Waals surface area contributed by atoms with E-state index in [9.17, 15) is 14.4 Å². The van der Waals surface area contributed by atoms with Gasteiger partial charge in [-0.2, -0.15) is 0 Å². The van der Waals surface area contributed by atoms with E-state index in [0.717, 1.165) is 18.2 Å². The Hall–Kier alpha value is -2.67. The highest BCUT2D eigenvalue weighted by atomic mass is 16.5. The van der Waals surface area contributed by atoms with Crippen molar-refractivity contribution in [1.29, 1.82) is 0 Å². The first-order chi connectivity index (χ1) is 13.1. The summed E-state index contributed by atoms with van der Waals surface area (Å²) in [6.07, 6.45) is 1.57. The number of morpholine rings is 1. The van der Waals surface area contributed by atoms with Crippen molar-refractivity contribution in [3.05, 3.63) is 46.2 Å². The van der Waals surface area contributed by atoms with Crippen LogP contribution in [-0.4, -0.2) is 66.0 Å². The third kappa shape index (κ3) is 3.60. The molecule has 2 aliphatic rings.